The van der Waals surface area contributed by atoms with Crippen LogP contribution in [0.4, 0.5) is 0 Å². The van der Waals surface area contributed by atoms with Crippen molar-refractivity contribution in [3.05, 3.63) is 30.2 Å². The molecule has 33 heavy (non-hydrogen) atoms. The van der Waals surface area contributed by atoms with Crippen molar-refractivity contribution in [3.8, 4) is 17.5 Å². The maximum atomic E-state index is 12.4. The van der Waals surface area contributed by atoms with Crippen LogP contribution in [0.15, 0.2) is 29.7 Å². The Morgan fingerprint density at radius 1 is 0.879 bits per heavy atom. The molecule has 3 aliphatic rings. The summed E-state index contributed by atoms with van der Waals surface area (Å²) in [6, 6.07) is 3.00. The van der Waals surface area contributed by atoms with E-state index in [9.17, 15) is 16.8 Å². The highest BCUT2D eigenvalue weighted by atomic mass is 32.2. The molecule has 0 aromatic carbocycles. The summed E-state index contributed by atoms with van der Waals surface area (Å²) in [5.74, 6) is 1.02. The summed E-state index contributed by atoms with van der Waals surface area (Å²) in [4.78, 5) is 12.4. The molecule has 10 nitrogen and oxygen atoms in total. The van der Waals surface area contributed by atoms with Gasteiger partial charge in [-0.2, -0.15) is 0 Å². The lowest BCUT2D eigenvalue weighted by Crippen LogP contribution is -2.43. The van der Waals surface area contributed by atoms with Crippen LogP contribution in [0.1, 0.15) is 44.1 Å². The molecule has 5 rings (SSSR count). The molecular weight excluding hydrogens is 468 g/mol. The van der Waals surface area contributed by atoms with Gasteiger partial charge in [0.25, 0.3) is 0 Å². The van der Waals surface area contributed by atoms with Gasteiger partial charge in [-0.15, -0.1) is 0 Å². The van der Waals surface area contributed by atoms with E-state index in [2.05, 4.69) is 15.0 Å². The largest absolute Gasteiger partial charge is 0.474 e. The fourth-order valence-corrected chi connectivity index (χ4v) is 7.26. The number of hydrogen-bond acceptors (Lipinski definition) is 9. The molecule has 2 aliphatic carbocycles. The Morgan fingerprint density at radius 2 is 1.55 bits per heavy atom. The van der Waals surface area contributed by atoms with E-state index in [1.165, 1.54) is 18.6 Å². The molecule has 0 radical (unpaired) electrons. The van der Waals surface area contributed by atoms with Gasteiger partial charge in [-0.25, -0.2) is 36.1 Å². The maximum Gasteiger partial charge on any atom is 0.229 e. The predicted octanol–water partition coefficient (Wildman–Crippen LogP) is 2.24. The molecular formula is C21H26N4O6S2. The van der Waals surface area contributed by atoms with Crippen LogP contribution in [0, 0.1) is 6.92 Å². The van der Waals surface area contributed by atoms with Gasteiger partial charge >= 0.3 is 0 Å². The molecule has 0 unspecified atom stereocenters. The summed E-state index contributed by atoms with van der Waals surface area (Å²) in [5, 5.41) is -0.465. The topological polar surface area (TPSA) is 129 Å². The standard InChI is InChI=1S/C21H26N4O6S2/c1-14-20(30-15-8-10-25(11-9-15)33(28,29)18-5-6-18)23-13-24-21(14)31-16-2-7-19(22-12-16)32(26,27)17-3-4-17/h2,7,12-13,15,17-18H,3-6,8-11H2,1H3. The molecule has 0 atom stereocenters. The third kappa shape index (κ3) is 4.69. The number of ether oxygens (including phenoxy) is 2. The third-order valence-electron chi connectivity index (χ3n) is 6.15. The van der Waals surface area contributed by atoms with E-state index in [0.29, 0.717) is 56.0 Å². The molecule has 0 spiro atoms. The molecule has 0 amide bonds. The zero-order chi connectivity index (χ0) is 23.2. The van der Waals surface area contributed by atoms with Gasteiger partial charge in [0, 0.05) is 13.1 Å². The highest BCUT2D eigenvalue weighted by molar-refractivity contribution is 7.92. The molecule has 1 aliphatic heterocycles. The van der Waals surface area contributed by atoms with E-state index in [-0.39, 0.29) is 27.5 Å². The van der Waals surface area contributed by atoms with Gasteiger partial charge in [0.05, 0.1) is 22.3 Å². The van der Waals surface area contributed by atoms with E-state index in [0.717, 1.165) is 12.8 Å². The summed E-state index contributed by atoms with van der Waals surface area (Å²) in [7, 11) is -6.51. The highest BCUT2D eigenvalue weighted by Crippen LogP contribution is 2.35. The van der Waals surface area contributed by atoms with Gasteiger partial charge in [0.15, 0.2) is 14.9 Å². The number of nitrogens with zero attached hydrogens (tertiary/aromatic N) is 4. The minimum absolute atomic E-state index is 0.0517. The fourth-order valence-electron chi connectivity index (χ4n) is 3.84. The van der Waals surface area contributed by atoms with Crippen molar-refractivity contribution in [1.29, 1.82) is 0 Å². The molecule has 2 aromatic heterocycles. The molecule has 12 heteroatoms. The average Bonchev–Trinajstić information content (AvgIpc) is 3.69. The first-order valence-corrected chi connectivity index (χ1v) is 14.1. The first-order chi connectivity index (χ1) is 15.7. The van der Waals surface area contributed by atoms with Crippen LogP contribution in [-0.2, 0) is 19.9 Å². The zero-order valence-electron chi connectivity index (χ0n) is 18.3. The van der Waals surface area contributed by atoms with Crippen molar-refractivity contribution >= 4 is 19.9 Å². The molecule has 2 saturated carbocycles. The van der Waals surface area contributed by atoms with Crippen LogP contribution >= 0.6 is 0 Å². The van der Waals surface area contributed by atoms with E-state index < -0.39 is 19.9 Å². The average molecular weight is 495 g/mol. The van der Waals surface area contributed by atoms with E-state index in [1.807, 2.05) is 0 Å². The number of sulfone groups is 1. The van der Waals surface area contributed by atoms with Crippen molar-refractivity contribution in [1.82, 2.24) is 19.3 Å². The summed E-state index contributed by atoms with van der Waals surface area (Å²) >= 11 is 0. The Labute approximate surface area is 193 Å². The normalized spacial score (nSPS) is 20.5. The van der Waals surface area contributed by atoms with E-state index in [4.69, 9.17) is 9.47 Å². The molecule has 3 fully saturated rings. The van der Waals surface area contributed by atoms with Gasteiger partial charge in [-0.3, -0.25) is 0 Å². The first-order valence-electron chi connectivity index (χ1n) is 11.1. The molecule has 3 heterocycles. The highest BCUT2D eigenvalue weighted by Gasteiger charge is 2.41. The molecule has 0 bridgehead atoms. The summed E-state index contributed by atoms with van der Waals surface area (Å²) in [5.41, 5.74) is 0.597. The van der Waals surface area contributed by atoms with Gasteiger partial charge in [0.1, 0.15) is 18.2 Å². The maximum absolute atomic E-state index is 12.4. The van der Waals surface area contributed by atoms with E-state index >= 15 is 0 Å². The Kier molecular flexibility index (Phi) is 5.78. The van der Waals surface area contributed by atoms with Crippen molar-refractivity contribution in [2.24, 2.45) is 0 Å². The van der Waals surface area contributed by atoms with Crippen LogP contribution < -0.4 is 9.47 Å². The number of pyridine rings is 1. The lowest BCUT2D eigenvalue weighted by molar-refractivity contribution is 0.128. The van der Waals surface area contributed by atoms with Gasteiger partial charge < -0.3 is 9.47 Å². The van der Waals surface area contributed by atoms with Crippen LogP contribution in [0.3, 0.4) is 0 Å². The number of rotatable bonds is 8. The van der Waals surface area contributed by atoms with Crippen molar-refractivity contribution in [2.45, 2.75) is 67.1 Å². The third-order valence-corrected chi connectivity index (χ3v) is 10.7. The first kappa shape index (κ1) is 22.5. The summed E-state index contributed by atoms with van der Waals surface area (Å²) in [6.07, 6.45) is 6.62. The molecule has 0 N–H and O–H groups in total. The Morgan fingerprint density at radius 3 is 2.15 bits per heavy atom. The second kappa shape index (κ2) is 8.48. The number of sulfonamides is 1. The summed E-state index contributed by atoms with van der Waals surface area (Å²) < 4.78 is 62.8. The molecule has 1 saturated heterocycles. The van der Waals surface area contributed by atoms with Crippen molar-refractivity contribution < 1.29 is 26.3 Å². The predicted molar refractivity (Wildman–Crippen MR) is 118 cm³/mol. The second-order valence-corrected chi connectivity index (χ2v) is 13.1. The van der Waals surface area contributed by atoms with Crippen LogP contribution in [-0.4, -0.2) is 65.8 Å². The van der Waals surface area contributed by atoms with Crippen molar-refractivity contribution in [3.63, 3.8) is 0 Å². The quantitative estimate of drug-likeness (QED) is 0.542. The summed E-state index contributed by atoms with van der Waals surface area (Å²) in [6.45, 7) is 2.66. The Bertz CT molecular complexity index is 1230. The number of hydrogen-bond donors (Lipinski definition) is 0. The molecule has 2 aromatic rings. The van der Waals surface area contributed by atoms with Gasteiger partial charge in [-0.05, 0) is 57.6 Å². The second-order valence-electron chi connectivity index (χ2n) is 8.75. The van der Waals surface area contributed by atoms with Gasteiger partial charge in [0.2, 0.25) is 21.8 Å². The minimum Gasteiger partial charge on any atom is -0.474 e. The van der Waals surface area contributed by atoms with E-state index in [1.54, 1.807) is 17.3 Å². The van der Waals surface area contributed by atoms with Gasteiger partial charge in [-0.1, -0.05) is 0 Å². The Balaban J connectivity index is 1.22. The smallest absolute Gasteiger partial charge is 0.229 e. The SMILES string of the molecule is Cc1c(Oc2ccc(S(=O)(=O)C3CC3)nc2)ncnc1OC1CCN(S(=O)(=O)C2CC2)CC1. The van der Waals surface area contributed by atoms with Crippen LogP contribution in [0.2, 0.25) is 0 Å². The zero-order valence-corrected chi connectivity index (χ0v) is 19.9. The lowest BCUT2D eigenvalue weighted by Gasteiger charge is -2.31. The van der Waals surface area contributed by atoms with Crippen LogP contribution in [0.5, 0.6) is 17.5 Å². The number of aromatic nitrogens is 3. The minimum atomic E-state index is -3.35. The van der Waals surface area contributed by atoms with Crippen molar-refractivity contribution in [2.75, 3.05) is 13.1 Å². The molecule has 178 valence electrons. The fraction of sp³-hybridized carbons (Fsp3) is 0.571. The number of piperidine rings is 1. The Hall–Kier alpha value is -2.31. The lowest BCUT2D eigenvalue weighted by atomic mass is 10.1. The monoisotopic (exact) mass is 494 g/mol. The van der Waals surface area contributed by atoms with Crippen LogP contribution in [0.25, 0.3) is 0 Å².